The molecule has 1 rings (SSSR count). The molecule has 1 atom stereocenters. The van der Waals surface area contributed by atoms with Crippen LogP contribution in [0.5, 0.6) is 0 Å². The molecule has 3 nitrogen and oxygen atoms in total. The summed E-state index contributed by atoms with van der Waals surface area (Å²) in [6.45, 7) is 2.14. The van der Waals surface area contributed by atoms with Crippen molar-refractivity contribution in [3.8, 4) is 0 Å². The second kappa shape index (κ2) is 6.69. The molecule has 4 heteroatoms. The Hall–Kier alpha value is -0.740. The number of hydrogen-bond donors (Lipinski definition) is 2. The summed E-state index contributed by atoms with van der Waals surface area (Å²) in [6, 6.07) is 3.71. The maximum atomic E-state index is 9.74. The first-order chi connectivity index (χ1) is 7.22. The molecule has 1 aromatic rings. The third-order valence-electron chi connectivity index (χ3n) is 1.98. The molecule has 84 valence electrons. The lowest BCUT2D eigenvalue weighted by Gasteiger charge is -2.09. The van der Waals surface area contributed by atoms with Gasteiger partial charge in [0.15, 0.2) is 0 Å². The normalized spacial score (nSPS) is 12.7. The van der Waals surface area contributed by atoms with Crippen LogP contribution in [-0.4, -0.2) is 27.7 Å². The van der Waals surface area contributed by atoms with Crippen molar-refractivity contribution in [2.24, 2.45) is 0 Å². The molecule has 0 saturated heterocycles. The van der Waals surface area contributed by atoms with Crippen LogP contribution in [0, 0.1) is 0 Å². The van der Waals surface area contributed by atoms with E-state index in [2.05, 4.69) is 11.9 Å². The van der Waals surface area contributed by atoms with E-state index in [1.165, 1.54) is 0 Å². The molecule has 1 aromatic heterocycles. The smallest absolute Gasteiger partial charge is 0.123 e. The molecule has 0 fully saturated rings. The lowest BCUT2D eigenvalue weighted by atomic mass is 10.1. The zero-order valence-corrected chi connectivity index (χ0v) is 9.83. The maximum absolute atomic E-state index is 9.74. The van der Waals surface area contributed by atoms with E-state index in [1.54, 1.807) is 18.0 Å². The van der Waals surface area contributed by atoms with Gasteiger partial charge < -0.3 is 10.8 Å². The van der Waals surface area contributed by atoms with E-state index in [0.29, 0.717) is 12.2 Å². The van der Waals surface area contributed by atoms with E-state index < -0.39 is 0 Å². The van der Waals surface area contributed by atoms with Crippen molar-refractivity contribution in [3.63, 3.8) is 0 Å². The molecule has 0 saturated carbocycles. The minimum absolute atomic E-state index is 0.289. The van der Waals surface area contributed by atoms with Crippen LogP contribution in [0.2, 0.25) is 0 Å². The Kier molecular flexibility index (Phi) is 5.50. The SMILES string of the molecule is CCCSCC(O)Cc1ccnc(N)c1. The summed E-state index contributed by atoms with van der Waals surface area (Å²) in [4.78, 5) is 3.91. The van der Waals surface area contributed by atoms with Crippen molar-refractivity contribution in [2.45, 2.75) is 25.9 Å². The van der Waals surface area contributed by atoms with Gasteiger partial charge in [0.1, 0.15) is 5.82 Å². The number of nitrogen functional groups attached to an aromatic ring is 1. The van der Waals surface area contributed by atoms with Crippen molar-refractivity contribution in [1.82, 2.24) is 4.98 Å². The molecule has 0 aliphatic carbocycles. The Morgan fingerprint density at radius 1 is 1.60 bits per heavy atom. The summed E-state index contributed by atoms with van der Waals surface area (Å²) < 4.78 is 0. The van der Waals surface area contributed by atoms with E-state index >= 15 is 0 Å². The third-order valence-corrected chi connectivity index (χ3v) is 3.29. The van der Waals surface area contributed by atoms with Gasteiger partial charge in [0.2, 0.25) is 0 Å². The van der Waals surface area contributed by atoms with Crippen LogP contribution in [0.1, 0.15) is 18.9 Å². The summed E-state index contributed by atoms with van der Waals surface area (Å²) in [5, 5.41) is 9.74. The highest BCUT2D eigenvalue weighted by Crippen LogP contribution is 2.10. The van der Waals surface area contributed by atoms with E-state index in [4.69, 9.17) is 5.73 Å². The van der Waals surface area contributed by atoms with Crippen molar-refractivity contribution < 1.29 is 5.11 Å². The number of thioether (sulfide) groups is 1. The van der Waals surface area contributed by atoms with E-state index in [-0.39, 0.29) is 6.10 Å². The summed E-state index contributed by atoms with van der Waals surface area (Å²) >= 11 is 1.79. The predicted molar refractivity (Wildman–Crippen MR) is 66.0 cm³/mol. The third kappa shape index (κ3) is 5.04. The van der Waals surface area contributed by atoms with Gasteiger partial charge in [0, 0.05) is 11.9 Å². The zero-order valence-electron chi connectivity index (χ0n) is 9.02. The molecular weight excluding hydrogens is 208 g/mol. The topological polar surface area (TPSA) is 59.1 Å². The number of aliphatic hydroxyl groups excluding tert-OH is 1. The predicted octanol–water partition coefficient (Wildman–Crippen LogP) is 1.71. The summed E-state index contributed by atoms with van der Waals surface area (Å²) in [6.07, 6.45) is 3.20. The lowest BCUT2D eigenvalue weighted by molar-refractivity contribution is 0.200. The molecule has 15 heavy (non-hydrogen) atoms. The van der Waals surface area contributed by atoms with Gasteiger partial charge >= 0.3 is 0 Å². The molecule has 0 aliphatic rings. The number of hydrogen-bond acceptors (Lipinski definition) is 4. The first kappa shape index (κ1) is 12.3. The first-order valence-corrected chi connectivity index (χ1v) is 6.34. The van der Waals surface area contributed by atoms with Crippen LogP contribution in [0.3, 0.4) is 0 Å². The molecule has 0 bridgehead atoms. The van der Waals surface area contributed by atoms with E-state index in [1.807, 2.05) is 12.1 Å². The van der Waals surface area contributed by atoms with Crippen molar-refractivity contribution in [1.29, 1.82) is 0 Å². The highest BCUT2D eigenvalue weighted by Gasteiger charge is 2.05. The maximum Gasteiger partial charge on any atom is 0.123 e. The minimum Gasteiger partial charge on any atom is -0.392 e. The highest BCUT2D eigenvalue weighted by molar-refractivity contribution is 7.99. The average Bonchev–Trinajstić information content (AvgIpc) is 2.18. The Balaban J connectivity index is 2.34. The van der Waals surface area contributed by atoms with Gasteiger partial charge in [-0.15, -0.1) is 0 Å². The Morgan fingerprint density at radius 3 is 3.07 bits per heavy atom. The Bertz CT molecular complexity index is 294. The average molecular weight is 226 g/mol. The first-order valence-electron chi connectivity index (χ1n) is 5.18. The second-order valence-electron chi connectivity index (χ2n) is 3.52. The quantitative estimate of drug-likeness (QED) is 0.725. The fourth-order valence-corrected chi connectivity index (χ4v) is 2.16. The van der Waals surface area contributed by atoms with Gasteiger partial charge in [-0.05, 0) is 36.3 Å². The van der Waals surface area contributed by atoms with Gasteiger partial charge in [-0.3, -0.25) is 0 Å². The van der Waals surface area contributed by atoms with Gasteiger partial charge in [-0.25, -0.2) is 4.98 Å². The second-order valence-corrected chi connectivity index (χ2v) is 4.67. The van der Waals surface area contributed by atoms with Crippen LogP contribution < -0.4 is 5.73 Å². The van der Waals surface area contributed by atoms with Gasteiger partial charge in [-0.2, -0.15) is 11.8 Å². The molecule has 0 radical (unpaired) electrons. The fourth-order valence-electron chi connectivity index (χ4n) is 1.32. The van der Waals surface area contributed by atoms with E-state index in [0.717, 1.165) is 23.5 Å². The zero-order chi connectivity index (χ0) is 11.1. The number of aliphatic hydroxyl groups is 1. The number of pyridine rings is 1. The molecule has 0 spiro atoms. The molecule has 3 N–H and O–H groups in total. The summed E-state index contributed by atoms with van der Waals surface area (Å²) in [5.74, 6) is 2.41. The molecule has 1 heterocycles. The summed E-state index contributed by atoms with van der Waals surface area (Å²) in [5.41, 5.74) is 6.61. The molecule has 0 aliphatic heterocycles. The van der Waals surface area contributed by atoms with Crippen molar-refractivity contribution in [2.75, 3.05) is 17.2 Å². The minimum atomic E-state index is -0.289. The van der Waals surface area contributed by atoms with Gasteiger partial charge in [0.25, 0.3) is 0 Å². The van der Waals surface area contributed by atoms with Crippen LogP contribution in [0.4, 0.5) is 5.82 Å². The number of nitrogens with two attached hydrogens (primary N) is 1. The summed E-state index contributed by atoms with van der Waals surface area (Å²) in [7, 11) is 0. The fraction of sp³-hybridized carbons (Fsp3) is 0.545. The van der Waals surface area contributed by atoms with Crippen molar-refractivity contribution in [3.05, 3.63) is 23.9 Å². The molecule has 0 amide bonds. The van der Waals surface area contributed by atoms with Crippen LogP contribution in [0.15, 0.2) is 18.3 Å². The standard InChI is InChI=1S/C11H18N2OS/c1-2-5-15-8-10(14)6-9-3-4-13-11(12)7-9/h3-4,7,10,14H,2,5-6,8H2,1H3,(H2,12,13). The largest absolute Gasteiger partial charge is 0.392 e. The van der Waals surface area contributed by atoms with Crippen LogP contribution in [0.25, 0.3) is 0 Å². The number of aromatic nitrogens is 1. The van der Waals surface area contributed by atoms with Crippen molar-refractivity contribution >= 4 is 17.6 Å². The van der Waals surface area contributed by atoms with E-state index in [9.17, 15) is 5.11 Å². The van der Waals surface area contributed by atoms with Crippen LogP contribution >= 0.6 is 11.8 Å². The monoisotopic (exact) mass is 226 g/mol. The van der Waals surface area contributed by atoms with Gasteiger partial charge in [0.05, 0.1) is 6.10 Å². The molecular formula is C11H18N2OS. The van der Waals surface area contributed by atoms with Gasteiger partial charge in [-0.1, -0.05) is 6.92 Å². The lowest BCUT2D eigenvalue weighted by Crippen LogP contribution is -2.14. The number of rotatable bonds is 6. The number of nitrogens with zero attached hydrogens (tertiary/aromatic N) is 1. The Morgan fingerprint density at radius 2 is 2.40 bits per heavy atom. The van der Waals surface area contributed by atoms with Crippen LogP contribution in [-0.2, 0) is 6.42 Å². The highest BCUT2D eigenvalue weighted by atomic mass is 32.2. The molecule has 0 aromatic carbocycles. The number of anilines is 1. The Labute approximate surface area is 95.1 Å². The molecule has 1 unspecified atom stereocenters.